The first kappa shape index (κ1) is 12.2. The molecule has 2 rings (SSSR count). The normalized spacial score (nSPS) is 21.1. The summed E-state index contributed by atoms with van der Waals surface area (Å²) in [6.07, 6.45) is 5.38. The van der Waals surface area contributed by atoms with Crippen LogP contribution in [-0.2, 0) is 5.75 Å². The van der Waals surface area contributed by atoms with Crippen molar-refractivity contribution in [3.63, 3.8) is 0 Å². The summed E-state index contributed by atoms with van der Waals surface area (Å²) in [6.45, 7) is 1.21. The lowest BCUT2D eigenvalue weighted by Gasteiger charge is -2.22. The van der Waals surface area contributed by atoms with Crippen LogP contribution in [0, 0.1) is 0 Å². The number of thioether (sulfide) groups is 1. The van der Waals surface area contributed by atoms with Crippen molar-refractivity contribution < 1.29 is 0 Å². The van der Waals surface area contributed by atoms with E-state index in [4.69, 9.17) is 5.73 Å². The zero-order valence-electron chi connectivity index (χ0n) is 9.45. The lowest BCUT2D eigenvalue weighted by Crippen LogP contribution is -2.34. The van der Waals surface area contributed by atoms with Gasteiger partial charge in [0.2, 0.25) is 0 Å². The first-order valence-electron chi connectivity index (χ1n) is 5.85. The van der Waals surface area contributed by atoms with Crippen LogP contribution < -0.4 is 11.1 Å². The van der Waals surface area contributed by atoms with Crippen LogP contribution in [0.1, 0.15) is 31.4 Å². The second-order valence-electron chi connectivity index (χ2n) is 4.17. The fourth-order valence-electron chi connectivity index (χ4n) is 1.96. The van der Waals surface area contributed by atoms with Gasteiger partial charge in [0.1, 0.15) is 0 Å². The number of nitrogen functional groups attached to an aromatic ring is 1. The van der Waals surface area contributed by atoms with Crippen molar-refractivity contribution in [2.75, 3.05) is 18.0 Å². The summed E-state index contributed by atoms with van der Waals surface area (Å²) in [5.41, 5.74) is 6.72. The maximum atomic E-state index is 5.59. The SMILES string of the molecule is Nc1nc(CSCCC2CCCCN2)cs1. The van der Waals surface area contributed by atoms with Crippen LogP contribution in [0.4, 0.5) is 5.13 Å². The van der Waals surface area contributed by atoms with Crippen LogP contribution in [0.25, 0.3) is 0 Å². The lowest BCUT2D eigenvalue weighted by molar-refractivity contribution is 0.395. The Hall–Kier alpha value is -0.260. The van der Waals surface area contributed by atoms with Gasteiger partial charge < -0.3 is 11.1 Å². The fourth-order valence-corrected chi connectivity index (χ4v) is 3.58. The number of hydrogen-bond donors (Lipinski definition) is 2. The number of nitrogens with one attached hydrogen (secondary N) is 1. The summed E-state index contributed by atoms with van der Waals surface area (Å²) in [4.78, 5) is 4.25. The van der Waals surface area contributed by atoms with E-state index in [1.54, 1.807) is 0 Å². The second kappa shape index (κ2) is 6.47. The third-order valence-electron chi connectivity index (χ3n) is 2.84. The van der Waals surface area contributed by atoms with Crippen molar-refractivity contribution in [3.8, 4) is 0 Å². The van der Waals surface area contributed by atoms with Crippen LogP contribution in [0.2, 0.25) is 0 Å². The van der Waals surface area contributed by atoms with Gasteiger partial charge >= 0.3 is 0 Å². The Balaban J connectivity index is 1.57. The Labute approximate surface area is 105 Å². The van der Waals surface area contributed by atoms with E-state index < -0.39 is 0 Å². The molecule has 0 aliphatic carbocycles. The van der Waals surface area contributed by atoms with Gasteiger partial charge in [-0.2, -0.15) is 11.8 Å². The standard InChI is InChI=1S/C11H19N3S2/c12-11-14-10(8-16-11)7-15-6-4-9-3-1-2-5-13-9/h8-9,13H,1-7H2,(H2,12,14). The predicted molar refractivity (Wildman–Crippen MR) is 72.9 cm³/mol. The molecular formula is C11H19N3S2. The highest BCUT2D eigenvalue weighted by atomic mass is 32.2. The van der Waals surface area contributed by atoms with Crippen LogP contribution in [0.15, 0.2) is 5.38 Å². The maximum Gasteiger partial charge on any atom is 0.180 e. The lowest BCUT2D eigenvalue weighted by atomic mass is 10.0. The van der Waals surface area contributed by atoms with Crippen LogP contribution in [0.3, 0.4) is 0 Å². The molecule has 1 atom stereocenters. The van der Waals surface area contributed by atoms with Crippen molar-refractivity contribution >= 4 is 28.2 Å². The summed E-state index contributed by atoms with van der Waals surface area (Å²) in [5, 5.41) is 6.32. The molecule has 1 aromatic rings. The first-order valence-corrected chi connectivity index (χ1v) is 7.89. The average molecular weight is 257 g/mol. The Kier molecular flexibility index (Phi) is 4.93. The molecule has 0 saturated carbocycles. The van der Waals surface area contributed by atoms with Crippen molar-refractivity contribution in [2.24, 2.45) is 0 Å². The highest BCUT2D eigenvalue weighted by Crippen LogP contribution is 2.19. The van der Waals surface area contributed by atoms with Crippen LogP contribution in [-0.4, -0.2) is 23.3 Å². The topological polar surface area (TPSA) is 50.9 Å². The number of rotatable bonds is 5. The number of thiazole rings is 1. The van der Waals surface area contributed by atoms with Gasteiger partial charge in [-0.25, -0.2) is 4.98 Å². The molecular weight excluding hydrogens is 238 g/mol. The Morgan fingerprint density at radius 3 is 3.19 bits per heavy atom. The highest BCUT2D eigenvalue weighted by molar-refractivity contribution is 7.98. The summed E-state index contributed by atoms with van der Waals surface area (Å²) in [7, 11) is 0. The highest BCUT2D eigenvalue weighted by Gasteiger charge is 2.11. The molecule has 1 aliphatic rings. The van der Waals surface area contributed by atoms with Crippen molar-refractivity contribution in [1.82, 2.24) is 10.3 Å². The van der Waals surface area contributed by atoms with E-state index >= 15 is 0 Å². The average Bonchev–Trinajstić information content (AvgIpc) is 2.72. The van der Waals surface area contributed by atoms with Gasteiger partial charge in [-0.15, -0.1) is 11.3 Å². The van der Waals surface area contributed by atoms with Gasteiger partial charge in [0, 0.05) is 17.2 Å². The van der Waals surface area contributed by atoms with E-state index in [9.17, 15) is 0 Å². The van der Waals surface area contributed by atoms with E-state index in [-0.39, 0.29) is 0 Å². The second-order valence-corrected chi connectivity index (χ2v) is 6.16. The fraction of sp³-hybridized carbons (Fsp3) is 0.727. The quantitative estimate of drug-likeness (QED) is 0.796. The minimum absolute atomic E-state index is 0.685. The number of nitrogens with zero attached hydrogens (tertiary/aromatic N) is 1. The molecule has 1 fully saturated rings. The summed E-state index contributed by atoms with van der Waals surface area (Å²) in [6, 6.07) is 0.752. The third kappa shape index (κ3) is 3.96. The zero-order chi connectivity index (χ0) is 11.2. The zero-order valence-corrected chi connectivity index (χ0v) is 11.1. The molecule has 1 unspecified atom stereocenters. The van der Waals surface area contributed by atoms with Crippen molar-refractivity contribution in [3.05, 3.63) is 11.1 Å². The molecule has 0 radical (unpaired) electrons. The molecule has 5 heteroatoms. The van der Waals surface area contributed by atoms with E-state index in [2.05, 4.69) is 15.7 Å². The number of piperidine rings is 1. The van der Waals surface area contributed by atoms with E-state index in [1.165, 1.54) is 49.3 Å². The van der Waals surface area contributed by atoms with Crippen LogP contribution in [0.5, 0.6) is 0 Å². The van der Waals surface area contributed by atoms with Gasteiger partial charge in [-0.3, -0.25) is 0 Å². The van der Waals surface area contributed by atoms with E-state index in [0.717, 1.165) is 17.5 Å². The summed E-state index contributed by atoms with van der Waals surface area (Å²) >= 11 is 3.49. The molecule has 0 bridgehead atoms. The van der Waals surface area contributed by atoms with Gasteiger partial charge in [-0.1, -0.05) is 6.42 Å². The molecule has 1 aliphatic heterocycles. The Morgan fingerprint density at radius 2 is 2.50 bits per heavy atom. The first-order chi connectivity index (χ1) is 7.84. The number of hydrogen-bond acceptors (Lipinski definition) is 5. The molecule has 1 saturated heterocycles. The summed E-state index contributed by atoms with van der Waals surface area (Å²) in [5.74, 6) is 2.22. The molecule has 16 heavy (non-hydrogen) atoms. The molecule has 0 spiro atoms. The third-order valence-corrected chi connectivity index (χ3v) is 4.59. The number of nitrogens with two attached hydrogens (primary N) is 1. The largest absolute Gasteiger partial charge is 0.375 e. The molecule has 3 nitrogen and oxygen atoms in total. The molecule has 1 aromatic heterocycles. The molecule has 0 aromatic carbocycles. The molecule has 3 N–H and O–H groups in total. The predicted octanol–water partition coefficient (Wildman–Crippen LogP) is 2.49. The minimum Gasteiger partial charge on any atom is -0.375 e. The van der Waals surface area contributed by atoms with Crippen molar-refractivity contribution in [1.29, 1.82) is 0 Å². The van der Waals surface area contributed by atoms with Crippen LogP contribution >= 0.6 is 23.1 Å². The van der Waals surface area contributed by atoms with E-state index in [1.807, 2.05) is 11.8 Å². The van der Waals surface area contributed by atoms with E-state index in [0.29, 0.717) is 5.13 Å². The smallest absolute Gasteiger partial charge is 0.180 e. The van der Waals surface area contributed by atoms with Gasteiger partial charge in [0.25, 0.3) is 0 Å². The Bertz CT molecular complexity index is 308. The number of aromatic nitrogens is 1. The van der Waals surface area contributed by atoms with Gasteiger partial charge in [-0.05, 0) is 31.6 Å². The van der Waals surface area contributed by atoms with Gasteiger partial charge in [0.15, 0.2) is 5.13 Å². The Morgan fingerprint density at radius 1 is 1.56 bits per heavy atom. The molecule has 2 heterocycles. The monoisotopic (exact) mass is 257 g/mol. The summed E-state index contributed by atoms with van der Waals surface area (Å²) < 4.78 is 0. The number of anilines is 1. The molecule has 90 valence electrons. The van der Waals surface area contributed by atoms with Crippen molar-refractivity contribution in [2.45, 2.75) is 37.5 Å². The maximum absolute atomic E-state index is 5.59. The minimum atomic E-state index is 0.685. The van der Waals surface area contributed by atoms with Gasteiger partial charge in [0.05, 0.1) is 5.69 Å². The molecule has 0 amide bonds.